The number of hydrogen-bond acceptors (Lipinski definition) is 8. The Bertz CT molecular complexity index is 1450. The van der Waals surface area contributed by atoms with Gasteiger partial charge in [-0.1, -0.05) is 30.6 Å². The fraction of sp³-hybridized carbons (Fsp3) is 0.562. The Morgan fingerprint density at radius 3 is 2.73 bits per heavy atom. The number of ketones is 1. The number of anilines is 1. The molecule has 5 unspecified atom stereocenters. The van der Waals surface area contributed by atoms with Gasteiger partial charge in [-0.3, -0.25) is 9.79 Å². The molecule has 9 nitrogen and oxygen atoms in total. The number of ether oxygens (including phenoxy) is 1. The van der Waals surface area contributed by atoms with Gasteiger partial charge in [0.15, 0.2) is 11.2 Å². The molecule has 3 aliphatic heterocycles. The van der Waals surface area contributed by atoms with E-state index in [1.165, 1.54) is 44.9 Å². The van der Waals surface area contributed by atoms with Crippen LogP contribution in [0.5, 0.6) is 5.75 Å². The Morgan fingerprint density at radius 1 is 0.927 bits per heavy atom. The Morgan fingerprint density at radius 2 is 1.80 bits per heavy atom. The number of nitrogens with zero attached hydrogens (tertiary/aromatic N) is 6. The molecule has 0 saturated heterocycles. The topological polar surface area (TPSA) is 107 Å². The van der Waals surface area contributed by atoms with Crippen molar-refractivity contribution in [3.05, 3.63) is 42.2 Å². The molecule has 0 amide bonds. The number of aromatic nitrogens is 5. The van der Waals surface area contributed by atoms with Gasteiger partial charge >= 0.3 is 0 Å². The van der Waals surface area contributed by atoms with Crippen molar-refractivity contribution in [3.63, 3.8) is 0 Å². The zero-order chi connectivity index (χ0) is 27.6. The molecule has 8 rings (SSSR count). The van der Waals surface area contributed by atoms with Crippen LogP contribution in [0.1, 0.15) is 70.6 Å². The number of nitrogens with one attached hydrogen (secondary N) is 1. The number of hydrogen-bond donors (Lipinski definition) is 1. The van der Waals surface area contributed by atoms with Gasteiger partial charge in [-0.25, -0.2) is 4.98 Å². The van der Waals surface area contributed by atoms with Crippen molar-refractivity contribution in [1.82, 2.24) is 25.0 Å². The highest BCUT2D eigenvalue weighted by Crippen LogP contribution is 2.55. The number of fused-ring (bicyclic) bond motifs is 8. The number of carbonyl (C=O) groups is 1. The molecule has 0 radical (unpaired) electrons. The zero-order valence-electron chi connectivity index (χ0n) is 23.6. The van der Waals surface area contributed by atoms with Crippen LogP contribution in [0.4, 0.5) is 5.95 Å². The van der Waals surface area contributed by atoms with E-state index < -0.39 is 0 Å². The van der Waals surface area contributed by atoms with Gasteiger partial charge in [0.2, 0.25) is 5.95 Å². The van der Waals surface area contributed by atoms with Crippen LogP contribution < -0.4 is 10.1 Å². The molecule has 5 heterocycles. The Labute approximate surface area is 240 Å². The third kappa shape index (κ3) is 5.90. The average molecular weight is 554 g/mol. The van der Waals surface area contributed by atoms with Crippen LogP contribution in [-0.4, -0.2) is 50.1 Å². The second kappa shape index (κ2) is 11.7. The van der Waals surface area contributed by atoms with Gasteiger partial charge < -0.3 is 10.1 Å². The molecule has 2 aromatic heterocycles. The van der Waals surface area contributed by atoms with E-state index in [0.717, 1.165) is 48.9 Å². The fourth-order valence-corrected chi connectivity index (χ4v) is 7.28. The van der Waals surface area contributed by atoms with Crippen molar-refractivity contribution >= 4 is 29.1 Å². The van der Waals surface area contributed by atoms with Gasteiger partial charge in [0.05, 0.1) is 24.2 Å². The molecule has 0 spiro atoms. The maximum Gasteiger partial charge on any atom is 0.229 e. The third-order valence-electron chi connectivity index (χ3n) is 9.60. The summed E-state index contributed by atoms with van der Waals surface area (Å²) in [6.45, 7) is 1.45. The normalized spacial score (nSPS) is 28.9. The lowest BCUT2D eigenvalue weighted by Crippen LogP contribution is -2.10. The van der Waals surface area contributed by atoms with Crippen LogP contribution in [0.3, 0.4) is 0 Å². The molecular formula is C32H39N7O2. The van der Waals surface area contributed by atoms with Gasteiger partial charge in [-0.2, -0.15) is 9.67 Å². The Hall–Kier alpha value is -3.62. The van der Waals surface area contributed by atoms with Crippen molar-refractivity contribution < 1.29 is 9.53 Å². The SMILES string of the molecule is O=C1CCCCOc2ccc(cc2)-n2nnc3cnc(nc32)NC2=CC(CCN=C2)CCC2CCCC3C(CC2)C13. The lowest BCUT2D eigenvalue weighted by Gasteiger charge is -2.21. The molecule has 41 heavy (non-hydrogen) atoms. The quantitative estimate of drug-likeness (QED) is 0.366. The lowest BCUT2D eigenvalue weighted by molar-refractivity contribution is -0.121. The van der Waals surface area contributed by atoms with Gasteiger partial charge in [0.25, 0.3) is 0 Å². The van der Waals surface area contributed by atoms with E-state index in [4.69, 9.17) is 9.72 Å². The van der Waals surface area contributed by atoms with Crippen molar-refractivity contribution in [2.75, 3.05) is 18.5 Å². The van der Waals surface area contributed by atoms with Crippen molar-refractivity contribution in [3.8, 4) is 11.4 Å². The number of Topliss-reactive ketones (excluding diaryl/α,β-unsaturated/α-hetero) is 1. The number of rotatable bonds is 0. The predicted octanol–water partition coefficient (Wildman–Crippen LogP) is 5.95. The number of benzene rings is 1. The van der Waals surface area contributed by atoms with Crippen molar-refractivity contribution in [2.24, 2.45) is 34.6 Å². The summed E-state index contributed by atoms with van der Waals surface area (Å²) in [5, 5.41) is 12.0. The molecule has 2 aliphatic carbocycles. The van der Waals surface area contributed by atoms with Gasteiger partial charge in [-0.05, 0) is 92.9 Å². The lowest BCUT2D eigenvalue weighted by atomic mass is 9.85. The summed E-state index contributed by atoms with van der Waals surface area (Å²) < 4.78 is 7.70. The molecule has 3 aromatic rings. The van der Waals surface area contributed by atoms with Crippen LogP contribution >= 0.6 is 0 Å². The van der Waals surface area contributed by atoms with Crippen LogP contribution in [0.15, 0.2) is 47.2 Å². The smallest absolute Gasteiger partial charge is 0.229 e. The van der Waals surface area contributed by atoms with Gasteiger partial charge in [0.1, 0.15) is 11.5 Å². The van der Waals surface area contributed by atoms with Crippen LogP contribution in [0.2, 0.25) is 0 Å². The summed E-state index contributed by atoms with van der Waals surface area (Å²) in [4.78, 5) is 27.0. The van der Waals surface area contributed by atoms with E-state index in [2.05, 4.69) is 31.7 Å². The largest absolute Gasteiger partial charge is 0.494 e. The molecule has 5 aliphatic rings. The number of allylic oxidation sites excluding steroid dienone is 2. The number of aliphatic imine (C=N–C) groups is 1. The first-order valence-corrected chi connectivity index (χ1v) is 15.5. The molecular weight excluding hydrogens is 514 g/mol. The maximum atomic E-state index is 13.1. The third-order valence-corrected chi connectivity index (χ3v) is 9.60. The minimum Gasteiger partial charge on any atom is -0.494 e. The second-order valence-electron chi connectivity index (χ2n) is 12.3. The molecule has 214 valence electrons. The minimum absolute atomic E-state index is 0.329. The predicted molar refractivity (Wildman–Crippen MR) is 158 cm³/mol. The zero-order valence-corrected chi connectivity index (χ0v) is 23.6. The van der Waals surface area contributed by atoms with Crippen LogP contribution in [0.25, 0.3) is 16.9 Å². The Kier molecular flexibility index (Phi) is 7.50. The first-order valence-electron chi connectivity index (χ1n) is 15.5. The van der Waals surface area contributed by atoms with Crippen LogP contribution in [0, 0.1) is 29.6 Å². The summed E-state index contributed by atoms with van der Waals surface area (Å²) in [7, 11) is 0. The summed E-state index contributed by atoms with van der Waals surface area (Å²) in [5.74, 6) is 4.67. The van der Waals surface area contributed by atoms with Crippen molar-refractivity contribution in [1.29, 1.82) is 0 Å². The molecule has 1 N–H and O–H groups in total. The van der Waals surface area contributed by atoms with E-state index in [-0.39, 0.29) is 0 Å². The van der Waals surface area contributed by atoms with Gasteiger partial charge in [-0.15, -0.1) is 5.10 Å². The highest BCUT2D eigenvalue weighted by atomic mass is 16.5. The first kappa shape index (κ1) is 26.3. The van der Waals surface area contributed by atoms with E-state index in [1.807, 2.05) is 30.5 Å². The molecule has 1 aromatic carbocycles. The van der Waals surface area contributed by atoms with E-state index in [9.17, 15) is 4.79 Å². The Balaban J connectivity index is 1.13. The highest BCUT2D eigenvalue weighted by Gasteiger charge is 2.52. The van der Waals surface area contributed by atoms with Gasteiger partial charge in [0, 0.05) is 25.1 Å². The number of carbonyl (C=O) groups excluding carboxylic acids is 1. The molecule has 9 heteroatoms. The fourth-order valence-electron chi connectivity index (χ4n) is 7.28. The van der Waals surface area contributed by atoms with Crippen LogP contribution in [-0.2, 0) is 4.79 Å². The summed E-state index contributed by atoms with van der Waals surface area (Å²) in [6, 6.07) is 7.80. The summed E-state index contributed by atoms with van der Waals surface area (Å²) >= 11 is 0. The van der Waals surface area contributed by atoms with Crippen molar-refractivity contribution in [2.45, 2.75) is 70.6 Å². The molecule has 8 bridgehead atoms. The standard InChI is InChI=1S/C32H39N7O2/c40-29-6-1-2-17-41-25-12-10-24(11-13-25)39-31-28(37-38-39)20-34-32(36-31)35-23-18-22(15-16-33-19-23)8-7-21-4-3-5-26-27(14-9-21)30(26)29/h10-13,18-22,26-27,30H,1-9,14-17H2,(H,34,35,36). The second-order valence-corrected chi connectivity index (χ2v) is 12.3. The van der Waals surface area contributed by atoms with E-state index >= 15 is 0 Å². The maximum absolute atomic E-state index is 13.1. The first-order chi connectivity index (χ1) is 20.2. The summed E-state index contributed by atoms with van der Waals surface area (Å²) in [6.07, 6.45) is 18.2. The summed E-state index contributed by atoms with van der Waals surface area (Å²) in [5.41, 5.74) is 3.06. The van der Waals surface area contributed by atoms with E-state index in [0.29, 0.717) is 59.6 Å². The highest BCUT2D eigenvalue weighted by molar-refractivity contribution is 5.84. The van der Waals surface area contributed by atoms with E-state index in [1.54, 1.807) is 10.9 Å². The molecule has 2 fully saturated rings. The minimum atomic E-state index is 0.329. The molecule has 5 atom stereocenters. The monoisotopic (exact) mass is 553 g/mol. The average Bonchev–Trinajstić information content (AvgIpc) is 3.57. The molecule has 2 saturated carbocycles.